The minimum absolute atomic E-state index is 0.868. The molecule has 0 saturated heterocycles. The predicted molar refractivity (Wildman–Crippen MR) is 136 cm³/mol. The van der Waals surface area contributed by atoms with Gasteiger partial charge in [0.2, 0.25) is 0 Å². The standard InChI is InChI=1S/C28H18Br2O/c29-23-15-7-13-21(17-23)25-26(22-14-8-16-24(30)18-22)28(20-11-5-2-6-12-20)31-27(25)19-9-3-1-4-10-19/h1-18H. The number of hydrogen-bond donors (Lipinski definition) is 0. The predicted octanol–water partition coefficient (Wildman–Crippen LogP) is 9.47. The van der Waals surface area contributed by atoms with Gasteiger partial charge < -0.3 is 4.42 Å². The third kappa shape index (κ3) is 4.04. The second-order valence-corrected chi connectivity index (χ2v) is 9.09. The maximum Gasteiger partial charge on any atom is 0.143 e. The zero-order chi connectivity index (χ0) is 21.2. The van der Waals surface area contributed by atoms with Gasteiger partial charge in [-0.2, -0.15) is 0 Å². The first-order chi connectivity index (χ1) is 15.2. The van der Waals surface area contributed by atoms with Gasteiger partial charge in [-0.25, -0.2) is 0 Å². The van der Waals surface area contributed by atoms with Crippen LogP contribution in [0.5, 0.6) is 0 Å². The Morgan fingerprint density at radius 3 is 1.19 bits per heavy atom. The van der Waals surface area contributed by atoms with Gasteiger partial charge in [-0.3, -0.25) is 0 Å². The molecular formula is C28H18Br2O. The summed E-state index contributed by atoms with van der Waals surface area (Å²) in [5.74, 6) is 1.74. The highest BCUT2D eigenvalue weighted by molar-refractivity contribution is 9.10. The molecule has 0 saturated carbocycles. The highest BCUT2D eigenvalue weighted by Crippen LogP contribution is 2.48. The molecule has 150 valence electrons. The first-order valence-electron chi connectivity index (χ1n) is 10.0. The third-order valence-electron chi connectivity index (χ3n) is 5.21. The van der Waals surface area contributed by atoms with Crippen LogP contribution in [-0.2, 0) is 0 Å². The number of halogens is 2. The van der Waals surface area contributed by atoms with Gasteiger partial charge in [-0.15, -0.1) is 0 Å². The fourth-order valence-electron chi connectivity index (χ4n) is 3.86. The van der Waals surface area contributed by atoms with Crippen molar-refractivity contribution in [2.24, 2.45) is 0 Å². The number of furan rings is 1. The molecule has 3 heteroatoms. The fourth-order valence-corrected chi connectivity index (χ4v) is 4.65. The topological polar surface area (TPSA) is 13.1 Å². The molecule has 0 N–H and O–H groups in total. The van der Waals surface area contributed by atoms with Crippen molar-refractivity contribution >= 4 is 31.9 Å². The Bertz CT molecular complexity index is 1230. The van der Waals surface area contributed by atoms with Crippen molar-refractivity contribution in [1.29, 1.82) is 0 Å². The van der Waals surface area contributed by atoms with Crippen LogP contribution in [0, 0.1) is 0 Å². The highest BCUT2D eigenvalue weighted by atomic mass is 79.9. The zero-order valence-electron chi connectivity index (χ0n) is 16.6. The molecule has 1 nitrogen and oxygen atoms in total. The summed E-state index contributed by atoms with van der Waals surface area (Å²) in [6.07, 6.45) is 0. The van der Waals surface area contributed by atoms with E-state index in [1.807, 2.05) is 48.5 Å². The maximum atomic E-state index is 6.68. The van der Waals surface area contributed by atoms with Crippen LogP contribution in [0.25, 0.3) is 44.9 Å². The lowest BCUT2D eigenvalue weighted by Crippen LogP contribution is -1.86. The largest absolute Gasteiger partial charge is 0.455 e. The number of rotatable bonds is 4. The van der Waals surface area contributed by atoms with Gasteiger partial charge in [-0.05, 0) is 35.4 Å². The van der Waals surface area contributed by atoms with Crippen molar-refractivity contribution in [1.82, 2.24) is 0 Å². The molecule has 0 aliphatic rings. The van der Waals surface area contributed by atoms with Crippen LogP contribution in [-0.4, -0.2) is 0 Å². The van der Waals surface area contributed by atoms with Crippen molar-refractivity contribution in [3.8, 4) is 44.9 Å². The Kier molecular flexibility index (Phi) is 5.63. The molecule has 4 aromatic carbocycles. The van der Waals surface area contributed by atoms with E-state index >= 15 is 0 Å². The molecule has 0 amide bonds. The summed E-state index contributed by atoms with van der Waals surface area (Å²) in [5, 5.41) is 0. The van der Waals surface area contributed by atoms with Gasteiger partial charge >= 0.3 is 0 Å². The first-order valence-corrected chi connectivity index (χ1v) is 11.6. The molecule has 1 aromatic heterocycles. The van der Waals surface area contributed by atoms with Crippen LogP contribution < -0.4 is 0 Å². The Hall–Kier alpha value is -2.88. The second kappa shape index (κ2) is 8.70. The van der Waals surface area contributed by atoms with E-state index in [1.165, 1.54) is 0 Å². The second-order valence-electron chi connectivity index (χ2n) is 7.26. The summed E-state index contributed by atoms with van der Waals surface area (Å²) in [7, 11) is 0. The molecule has 0 atom stereocenters. The zero-order valence-corrected chi connectivity index (χ0v) is 19.7. The molecule has 1 heterocycles. The minimum Gasteiger partial charge on any atom is -0.455 e. The Labute approximate surface area is 198 Å². The average Bonchev–Trinajstić information content (AvgIpc) is 3.21. The SMILES string of the molecule is Brc1cccc(-c2c(-c3ccccc3)oc(-c3ccccc3)c2-c2cccc(Br)c2)c1. The summed E-state index contributed by atoms with van der Waals surface area (Å²) >= 11 is 7.29. The molecule has 0 aliphatic carbocycles. The molecule has 0 fully saturated rings. The van der Waals surface area contributed by atoms with Gasteiger partial charge in [0, 0.05) is 31.2 Å². The Morgan fingerprint density at radius 2 is 0.806 bits per heavy atom. The van der Waals surface area contributed by atoms with E-state index < -0.39 is 0 Å². The molecule has 0 radical (unpaired) electrons. The molecular weight excluding hydrogens is 512 g/mol. The first kappa shape index (κ1) is 20.0. The van der Waals surface area contributed by atoms with Crippen molar-refractivity contribution in [2.75, 3.05) is 0 Å². The molecule has 0 spiro atoms. The van der Waals surface area contributed by atoms with Gasteiger partial charge in [0.05, 0.1) is 0 Å². The molecule has 5 rings (SSSR count). The van der Waals surface area contributed by atoms with Crippen molar-refractivity contribution in [3.63, 3.8) is 0 Å². The summed E-state index contributed by atoms with van der Waals surface area (Å²) in [5.41, 5.74) is 6.49. The monoisotopic (exact) mass is 528 g/mol. The van der Waals surface area contributed by atoms with E-state index in [0.717, 1.165) is 53.8 Å². The minimum atomic E-state index is 0.868. The Morgan fingerprint density at radius 1 is 0.419 bits per heavy atom. The van der Waals surface area contributed by atoms with Crippen LogP contribution in [0.15, 0.2) is 123 Å². The third-order valence-corrected chi connectivity index (χ3v) is 6.19. The van der Waals surface area contributed by atoms with E-state index in [0.29, 0.717) is 0 Å². The molecule has 0 unspecified atom stereocenters. The van der Waals surface area contributed by atoms with Crippen LogP contribution in [0.3, 0.4) is 0 Å². The van der Waals surface area contributed by atoms with Crippen LogP contribution in [0.1, 0.15) is 0 Å². The van der Waals surface area contributed by atoms with E-state index in [2.05, 4.69) is 92.5 Å². The number of hydrogen-bond acceptors (Lipinski definition) is 1. The van der Waals surface area contributed by atoms with Crippen molar-refractivity contribution in [2.45, 2.75) is 0 Å². The normalized spacial score (nSPS) is 10.9. The highest BCUT2D eigenvalue weighted by Gasteiger charge is 2.25. The van der Waals surface area contributed by atoms with Gasteiger partial charge in [0.25, 0.3) is 0 Å². The molecule has 0 bridgehead atoms. The summed E-state index contributed by atoms with van der Waals surface area (Å²) in [6.45, 7) is 0. The van der Waals surface area contributed by atoms with Gasteiger partial charge in [0.15, 0.2) is 0 Å². The van der Waals surface area contributed by atoms with Crippen molar-refractivity contribution in [3.05, 3.63) is 118 Å². The van der Waals surface area contributed by atoms with Crippen molar-refractivity contribution < 1.29 is 4.42 Å². The molecule has 5 aromatic rings. The van der Waals surface area contributed by atoms with Crippen LogP contribution in [0.2, 0.25) is 0 Å². The van der Waals surface area contributed by atoms with Crippen LogP contribution in [0.4, 0.5) is 0 Å². The molecule has 31 heavy (non-hydrogen) atoms. The average molecular weight is 530 g/mol. The number of benzene rings is 4. The smallest absolute Gasteiger partial charge is 0.143 e. The quantitative estimate of drug-likeness (QED) is 0.226. The van der Waals surface area contributed by atoms with Gasteiger partial charge in [0.1, 0.15) is 11.5 Å². The van der Waals surface area contributed by atoms with E-state index in [1.54, 1.807) is 0 Å². The summed E-state index contributed by atoms with van der Waals surface area (Å²) in [6, 6.07) is 37.4. The van der Waals surface area contributed by atoms with E-state index in [4.69, 9.17) is 4.42 Å². The lowest BCUT2D eigenvalue weighted by atomic mass is 9.91. The summed E-state index contributed by atoms with van der Waals surface area (Å²) in [4.78, 5) is 0. The lowest BCUT2D eigenvalue weighted by Gasteiger charge is -2.09. The van der Waals surface area contributed by atoms with E-state index in [9.17, 15) is 0 Å². The van der Waals surface area contributed by atoms with E-state index in [-0.39, 0.29) is 0 Å². The fraction of sp³-hybridized carbons (Fsp3) is 0. The Balaban J connectivity index is 1.91. The summed E-state index contributed by atoms with van der Waals surface area (Å²) < 4.78 is 8.74. The van der Waals surface area contributed by atoms with Crippen LogP contribution >= 0.6 is 31.9 Å². The molecule has 0 aliphatic heterocycles. The maximum absolute atomic E-state index is 6.68. The van der Waals surface area contributed by atoms with Gasteiger partial charge in [-0.1, -0.05) is 117 Å². The lowest BCUT2D eigenvalue weighted by molar-refractivity contribution is 0.599.